The number of ether oxygens (including phenoxy) is 1. The Balaban J connectivity index is 2.33. The van der Waals surface area contributed by atoms with Crippen LogP contribution in [-0.2, 0) is 0 Å². The highest BCUT2D eigenvalue weighted by molar-refractivity contribution is 9.10. The lowest BCUT2D eigenvalue weighted by molar-refractivity contribution is 0.102. The minimum Gasteiger partial charge on any atom is -0.494 e. The molecule has 2 aromatic carbocycles. The molecule has 0 bridgehead atoms. The summed E-state index contributed by atoms with van der Waals surface area (Å²) in [6.45, 7) is 0. The summed E-state index contributed by atoms with van der Waals surface area (Å²) < 4.78 is 19.4. The average molecular weight is 339 g/mol. The van der Waals surface area contributed by atoms with E-state index in [2.05, 4.69) is 21.2 Å². The molecule has 1 amide bonds. The number of hydrogen-bond acceptors (Lipinski definition) is 3. The van der Waals surface area contributed by atoms with E-state index >= 15 is 0 Å². The fraction of sp³-hybridized carbons (Fsp3) is 0.0714. The molecule has 3 N–H and O–H groups in total. The van der Waals surface area contributed by atoms with Crippen molar-refractivity contribution < 1.29 is 13.9 Å². The maximum Gasteiger partial charge on any atom is 0.259 e. The van der Waals surface area contributed by atoms with E-state index in [0.29, 0.717) is 10.2 Å². The zero-order valence-electron chi connectivity index (χ0n) is 10.6. The number of nitrogens with one attached hydrogen (secondary N) is 1. The number of carbonyl (C=O) groups excluding carboxylic acids is 1. The summed E-state index contributed by atoms with van der Waals surface area (Å²) in [7, 11) is 1.42. The van der Waals surface area contributed by atoms with Gasteiger partial charge in [-0.2, -0.15) is 0 Å². The van der Waals surface area contributed by atoms with Gasteiger partial charge >= 0.3 is 0 Å². The highest BCUT2D eigenvalue weighted by Gasteiger charge is 2.16. The molecule has 0 aliphatic heterocycles. The lowest BCUT2D eigenvalue weighted by Crippen LogP contribution is -2.14. The molecule has 0 saturated carbocycles. The van der Waals surface area contributed by atoms with Crippen LogP contribution >= 0.6 is 15.9 Å². The van der Waals surface area contributed by atoms with Gasteiger partial charge in [0.05, 0.1) is 24.0 Å². The van der Waals surface area contributed by atoms with Crippen LogP contribution in [0.1, 0.15) is 10.4 Å². The molecule has 0 aromatic heterocycles. The number of carbonyl (C=O) groups is 1. The van der Waals surface area contributed by atoms with E-state index in [9.17, 15) is 9.18 Å². The standard InChI is InChI=1S/C14H12BrFN2O2/c1-20-13-9(3-2-4-11(13)17)14(19)18-12-7-8(15)5-6-10(12)16/h2-7H,17H2,1H3,(H,18,19). The lowest BCUT2D eigenvalue weighted by atomic mass is 10.1. The Morgan fingerprint density at radius 3 is 2.80 bits per heavy atom. The molecule has 2 aromatic rings. The molecule has 0 unspecified atom stereocenters. The lowest BCUT2D eigenvalue weighted by Gasteiger charge is -2.11. The highest BCUT2D eigenvalue weighted by Crippen LogP contribution is 2.27. The van der Waals surface area contributed by atoms with Crippen molar-refractivity contribution in [2.45, 2.75) is 0 Å². The molecule has 0 saturated heterocycles. The summed E-state index contributed by atoms with van der Waals surface area (Å²) >= 11 is 3.22. The van der Waals surface area contributed by atoms with Crippen molar-refractivity contribution in [3.05, 3.63) is 52.3 Å². The molecule has 0 aliphatic rings. The Morgan fingerprint density at radius 1 is 1.35 bits per heavy atom. The first-order valence-electron chi connectivity index (χ1n) is 5.72. The smallest absolute Gasteiger partial charge is 0.259 e. The molecule has 104 valence electrons. The SMILES string of the molecule is COc1c(N)cccc1C(=O)Nc1cc(Br)ccc1F. The second-order valence-corrected chi connectivity index (χ2v) is 4.92. The highest BCUT2D eigenvalue weighted by atomic mass is 79.9. The van der Waals surface area contributed by atoms with Gasteiger partial charge in [-0.3, -0.25) is 4.79 Å². The number of rotatable bonds is 3. The topological polar surface area (TPSA) is 64.3 Å². The van der Waals surface area contributed by atoms with Gasteiger partial charge in [-0.25, -0.2) is 4.39 Å². The Kier molecular flexibility index (Phi) is 4.24. The molecule has 0 radical (unpaired) electrons. The van der Waals surface area contributed by atoms with Crippen molar-refractivity contribution in [3.63, 3.8) is 0 Å². The van der Waals surface area contributed by atoms with Gasteiger partial charge in [0.1, 0.15) is 5.82 Å². The van der Waals surface area contributed by atoms with Crippen LogP contribution in [0.3, 0.4) is 0 Å². The van der Waals surface area contributed by atoms with Gasteiger partial charge in [0.15, 0.2) is 5.75 Å². The molecule has 2 rings (SSSR count). The van der Waals surface area contributed by atoms with Crippen LogP contribution in [0.2, 0.25) is 0 Å². The van der Waals surface area contributed by atoms with Crippen LogP contribution in [0.15, 0.2) is 40.9 Å². The van der Waals surface area contributed by atoms with E-state index < -0.39 is 11.7 Å². The Bertz CT molecular complexity index is 662. The first kappa shape index (κ1) is 14.3. The summed E-state index contributed by atoms with van der Waals surface area (Å²) in [5.74, 6) is -0.754. The second kappa shape index (κ2) is 5.92. The third-order valence-electron chi connectivity index (χ3n) is 2.67. The van der Waals surface area contributed by atoms with Crippen LogP contribution in [0, 0.1) is 5.82 Å². The van der Waals surface area contributed by atoms with E-state index in [1.807, 2.05) is 0 Å². The van der Waals surface area contributed by atoms with Crippen molar-refractivity contribution in [3.8, 4) is 5.75 Å². The van der Waals surface area contributed by atoms with E-state index in [4.69, 9.17) is 10.5 Å². The quantitative estimate of drug-likeness (QED) is 0.842. The van der Waals surface area contributed by atoms with Crippen molar-refractivity contribution in [1.29, 1.82) is 0 Å². The first-order valence-corrected chi connectivity index (χ1v) is 6.51. The zero-order valence-corrected chi connectivity index (χ0v) is 12.2. The second-order valence-electron chi connectivity index (χ2n) is 4.01. The summed E-state index contributed by atoms with van der Waals surface area (Å²) in [5, 5.41) is 2.49. The van der Waals surface area contributed by atoms with Gasteiger partial charge in [0.25, 0.3) is 5.91 Å². The number of para-hydroxylation sites is 1. The first-order chi connectivity index (χ1) is 9.52. The number of nitrogen functional groups attached to an aromatic ring is 1. The van der Waals surface area contributed by atoms with Crippen LogP contribution in [0.25, 0.3) is 0 Å². The van der Waals surface area contributed by atoms with Crippen LogP contribution in [-0.4, -0.2) is 13.0 Å². The van der Waals surface area contributed by atoms with E-state index in [-0.39, 0.29) is 17.0 Å². The summed E-state index contributed by atoms with van der Waals surface area (Å²) in [5.41, 5.74) is 6.39. The van der Waals surface area contributed by atoms with Crippen molar-refractivity contribution >= 4 is 33.2 Å². The van der Waals surface area contributed by atoms with Crippen LogP contribution in [0.5, 0.6) is 5.75 Å². The molecule has 0 fully saturated rings. The van der Waals surface area contributed by atoms with Gasteiger partial charge in [-0.1, -0.05) is 22.0 Å². The normalized spacial score (nSPS) is 10.2. The summed E-state index contributed by atoms with van der Waals surface area (Å²) in [6.07, 6.45) is 0. The maximum atomic E-state index is 13.6. The molecule has 0 atom stereocenters. The third-order valence-corrected chi connectivity index (χ3v) is 3.16. The molecule has 6 heteroatoms. The number of amides is 1. The monoisotopic (exact) mass is 338 g/mol. The van der Waals surface area contributed by atoms with Gasteiger partial charge in [0.2, 0.25) is 0 Å². The van der Waals surface area contributed by atoms with Gasteiger partial charge in [-0.05, 0) is 30.3 Å². The Morgan fingerprint density at radius 2 is 2.10 bits per heavy atom. The largest absolute Gasteiger partial charge is 0.494 e. The Hall–Kier alpha value is -2.08. The fourth-order valence-corrected chi connectivity index (χ4v) is 2.11. The van der Waals surface area contributed by atoms with Crippen molar-refractivity contribution in [2.24, 2.45) is 0 Å². The van der Waals surface area contributed by atoms with E-state index in [1.165, 1.54) is 19.2 Å². The molecule has 0 heterocycles. The average Bonchev–Trinajstić information content (AvgIpc) is 2.42. The number of anilines is 2. The number of nitrogens with two attached hydrogens (primary N) is 1. The third kappa shape index (κ3) is 2.91. The number of benzene rings is 2. The van der Waals surface area contributed by atoms with Crippen molar-refractivity contribution in [1.82, 2.24) is 0 Å². The molecule has 0 spiro atoms. The van der Waals surface area contributed by atoms with E-state index in [0.717, 1.165) is 0 Å². The summed E-state index contributed by atoms with van der Waals surface area (Å²) in [6, 6.07) is 9.09. The van der Waals surface area contributed by atoms with E-state index in [1.54, 1.807) is 24.3 Å². The predicted molar refractivity (Wildman–Crippen MR) is 79.5 cm³/mol. The molecule has 0 aliphatic carbocycles. The molecule has 20 heavy (non-hydrogen) atoms. The Labute approximate surface area is 123 Å². The summed E-state index contributed by atoms with van der Waals surface area (Å²) in [4.78, 5) is 12.2. The van der Waals surface area contributed by atoms with Crippen LogP contribution < -0.4 is 15.8 Å². The van der Waals surface area contributed by atoms with Crippen molar-refractivity contribution in [2.75, 3.05) is 18.2 Å². The van der Waals surface area contributed by atoms with Gasteiger partial charge in [0, 0.05) is 4.47 Å². The zero-order chi connectivity index (χ0) is 14.7. The number of hydrogen-bond donors (Lipinski definition) is 2. The van der Waals surface area contributed by atoms with Gasteiger partial charge in [-0.15, -0.1) is 0 Å². The molecule has 4 nitrogen and oxygen atoms in total. The minimum atomic E-state index is -0.524. The molecular formula is C14H12BrFN2O2. The van der Waals surface area contributed by atoms with Gasteiger partial charge < -0.3 is 15.8 Å². The minimum absolute atomic E-state index is 0.0776. The predicted octanol–water partition coefficient (Wildman–Crippen LogP) is 3.43. The maximum absolute atomic E-state index is 13.6. The number of halogens is 2. The van der Waals surface area contributed by atoms with Crippen LogP contribution in [0.4, 0.5) is 15.8 Å². The fourth-order valence-electron chi connectivity index (χ4n) is 1.74. The molecular weight excluding hydrogens is 327 g/mol. The number of methoxy groups -OCH3 is 1.